The fraction of sp³-hybridized carbons (Fsp3) is 0.118. The third kappa shape index (κ3) is 3.78. The van der Waals surface area contributed by atoms with Crippen molar-refractivity contribution in [2.45, 2.75) is 5.03 Å². The minimum Gasteiger partial charge on any atom is -0.497 e. The molecule has 0 radical (unpaired) electrons. The molecule has 6 heteroatoms. The minimum atomic E-state index is -0.0807. The first-order chi connectivity index (χ1) is 11.3. The second-order valence-electron chi connectivity index (χ2n) is 4.76. The zero-order valence-electron chi connectivity index (χ0n) is 12.5. The van der Waals surface area contributed by atoms with Crippen LogP contribution in [0, 0.1) is 0 Å². The van der Waals surface area contributed by atoms with E-state index in [0.29, 0.717) is 0 Å². The number of carbonyl (C=O) groups excluding carboxylic acids is 1. The van der Waals surface area contributed by atoms with Crippen molar-refractivity contribution in [2.24, 2.45) is 0 Å². The standard InChI is InChI=1S/C17H15N3O2S/c1-22-13-8-6-12(7-9-13)20-16(21)10-23-17-14-4-2-3-5-15(14)18-11-19-17/h2-9,11H,10H2,1H3,(H,20,21). The van der Waals surface area contributed by atoms with E-state index in [9.17, 15) is 4.79 Å². The lowest BCUT2D eigenvalue weighted by Gasteiger charge is -2.07. The first kappa shape index (κ1) is 15.3. The summed E-state index contributed by atoms with van der Waals surface area (Å²) in [5.41, 5.74) is 1.62. The number of rotatable bonds is 5. The number of amides is 1. The normalized spacial score (nSPS) is 10.5. The number of methoxy groups -OCH3 is 1. The number of hydrogen-bond donors (Lipinski definition) is 1. The van der Waals surface area contributed by atoms with Crippen LogP contribution in [0.5, 0.6) is 5.75 Å². The van der Waals surface area contributed by atoms with Crippen LogP contribution < -0.4 is 10.1 Å². The maximum atomic E-state index is 12.1. The number of nitrogens with zero attached hydrogens (tertiary/aromatic N) is 2. The zero-order valence-corrected chi connectivity index (χ0v) is 13.3. The van der Waals surface area contributed by atoms with Crippen LogP contribution in [0.15, 0.2) is 59.9 Å². The van der Waals surface area contributed by atoms with Crippen LogP contribution in [-0.2, 0) is 4.79 Å². The second kappa shape index (κ2) is 7.11. The molecule has 0 bridgehead atoms. The summed E-state index contributed by atoms with van der Waals surface area (Å²) in [5, 5.41) is 4.61. The van der Waals surface area contributed by atoms with E-state index in [4.69, 9.17) is 4.74 Å². The summed E-state index contributed by atoms with van der Waals surface area (Å²) in [6.45, 7) is 0. The molecule has 1 heterocycles. The number of hydrogen-bond acceptors (Lipinski definition) is 5. The van der Waals surface area contributed by atoms with Crippen molar-refractivity contribution in [2.75, 3.05) is 18.2 Å². The van der Waals surface area contributed by atoms with E-state index in [-0.39, 0.29) is 11.7 Å². The molecule has 1 N–H and O–H groups in total. The molecule has 0 saturated heterocycles. The molecule has 0 atom stereocenters. The number of aromatic nitrogens is 2. The van der Waals surface area contributed by atoms with Crippen LogP contribution >= 0.6 is 11.8 Å². The highest BCUT2D eigenvalue weighted by Gasteiger charge is 2.08. The molecule has 3 aromatic rings. The summed E-state index contributed by atoms with van der Waals surface area (Å²) in [6, 6.07) is 15.0. The molecule has 0 fully saturated rings. The smallest absolute Gasteiger partial charge is 0.234 e. The topological polar surface area (TPSA) is 64.1 Å². The SMILES string of the molecule is COc1ccc(NC(=O)CSc2ncnc3ccccc23)cc1. The number of benzene rings is 2. The molecule has 1 aromatic heterocycles. The van der Waals surface area contributed by atoms with Crippen molar-refractivity contribution in [1.29, 1.82) is 0 Å². The minimum absolute atomic E-state index is 0.0807. The molecule has 0 unspecified atom stereocenters. The summed E-state index contributed by atoms with van der Waals surface area (Å²) >= 11 is 1.40. The van der Waals surface area contributed by atoms with Crippen LogP contribution in [0.1, 0.15) is 0 Å². The summed E-state index contributed by atoms with van der Waals surface area (Å²) in [7, 11) is 1.61. The molecular formula is C17H15N3O2S. The fourth-order valence-electron chi connectivity index (χ4n) is 2.10. The maximum absolute atomic E-state index is 12.1. The van der Waals surface area contributed by atoms with Gasteiger partial charge in [-0.3, -0.25) is 4.79 Å². The van der Waals surface area contributed by atoms with E-state index in [0.717, 1.165) is 27.4 Å². The number of nitrogens with one attached hydrogen (secondary N) is 1. The van der Waals surface area contributed by atoms with Gasteiger partial charge in [0, 0.05) is 11.1 Å². The van der Waals surface area contributed by atoms with E-state index in [2.05, 4.69) is 15.3 Å². The number of ether oxygens (including phenoxy) is 1. The van der Waals surface area contributed by atoms with Gasteiger partial charge in [0.1, 0.15) is 17.1 Å². The van der Waals surface area contributed by atoms with Gasteiger partial charge in [-0.25, -0.2) is 9.97 Å². The van der Waals surface area contributed by atoms with Gasteiger partial charge in [-0.05, 0) is 30.3 Å². The Labute approximate surface area is 138 Å². The molecule has 5 nitrogen and oxygen atoms in total. The summed E-state index contributed by atoms with van der Waals surface area (Å²) < 4.78 is 5.09. The van der Waals surface area contributed by atoms with Crippen molar-refractivity contribution >= 4 is 34.3 Å². The van der Waals surface area contributed by atoms with Gasteiger partial charge in [0.2, 0.25) is 5.91 Å². The van der Waals surface area contributed by atoms with Crippen LogP contribution in [0.2, 0.25) is 0 Å². The Hall–Kier alpha value is -2.60. The second-order valence-corrected chi connectivity index (χ2v) is 5.73. The number of anilines is 1. The highest BCUT2D eigenvalue weighted by Crippen LogP contribution is 2.24. The van der Waals surface area contributed by atoms with E-state index in [1.54, 1.807) is 19.2 Å². The Kier molecular flexibility index (Phi) is 4.73. The Morgan fingerprint density at radius 1 is 1.13 bits per heavy atom. The lowest BCUT2D eigenvalue weighted by molar-refractivity contribution is -0.113. The predicted molar refractivity (Wildman–Crippen MR) is 91.9 cm³/mol. The van der Waals surface area contributed by atoms with Crippen LogP contribution in [0.3, 0.4) is 0 Å². The van der Waals surface area contributed by atoms with Gasteiger partial charge in [0.15, 0.2) is 0 Å². The first-order valence-electron chi connectivity index (χ1n) is 7.03. The van der Waals surface area contributed by atoms with Gasteiger partial charge >= 0.3 is 0 Å². The average molecular weight is 325 g/mol. The van der Waals surface area contributed by atoms with Crippen molar-refractivity contribution in [3.8, 4) is 5.75 Å². The lowest BCUT2D eigenvalue weighted by Crippen LogP contribution is -2.14. The maximum Gasteiger partial charge on any atom is 0.234 e. The Morgan fingerprint density at radius 3 is 2.70 bits per heavy atom. The van der Waals surface area contributed by atoms with Crippen molar-refractivity contribution in [3.63, 3.8) is 0 Å². The van der Waals surface area contributed by atoms with Gasteiger partial charge < -0.3 is 10.1 Å². The van der Waals surface area contributed by atoms with Crippen molar-refractivity contribution < 1.29 is 9.53 Å². The summed E-state index contributed by atoms with van der Waals surface area (Å²) in [5.74, 6) is 0.959. The third-order valence-corrected chi connectivity index (χ3v) is 4.23. The first-order valence-corrected chi connectivity index (χ1v) is 8.01. The van der Waals surface area contributed by atoms with Crippen LogP contribution in [0.4, 0.5) is 5.69 Å². The molecule has 2 aromatic carbocycles. The van der Waals surface area contributed by atoms with E-state index < -0.39 is 0 Å². The molecular weight excluding hydrogens is 310 g/mol. The third-order valence-electron chi connectivity index (χ3n) is 3.22. The molecule has 0 aliphatic heterocycles. The average Bonchev–Trinajstić information content (AvgIpc) is 2.60. The highest BCUT2D eigenvalue weighted by molar-refractivity contribution is 8.00. The number of fused-ring (bicyclic) bond motifs is 1. The monoisotopic (exact) mass is 325 g/mol. The van der Waals surface area contributed by atoms with Gasteiger partial charge in [-0.15, -0.1) is 0 Å². The molecule has 0 aliphatic rings. The van der Waals surface area contributed by atoms with Gasteiger partial charge in [-0.2, -0.15) is 0 Å². The number of thioether (sulfide) groups is 1. The highest BCUT2D eigenvalue weighted by atomic mass is 32.2. The van der Waals surface area contributed by atoms with E-state index >= 15 is 0 Å². The van der Waals surface area contributed by atoms with Crippen LogP contribution in [0.25, 0.3) is 10.9 Å². The van der Waals surface area contributed by atoms with E-state index in [1.807, 2.05) is 36.4 Å². The number of carbonyl (C=O) groups is 1. The Bertz CT molecular complexity index is 816. The van der Waals surface area contributed by atoms with Crippen molar-refractivity contribution in [1.82, 2.24) is 9.97 Å². The Morgan fingerprint density at radius 2 is 1.91 bits per heavy atom. The zero-order chi connectivity index (χ0) is 16.1. The summed E-state index contributed by atoms with van der Waals surface area (Å²) in [4.78, 5) is 20.5. The predicted octanol–water partition coefficient (Wildman–Crippen LogP) is 3.37. The van der Waals surface area contributed by atoms with E-state index in [1.165, 1.54) is 18.1 Å². The van der Waals surface area contributed by atoms with Crippen LogP contribution in [-0.4, -0.2) is 28.7 Å². The van der Waals surface area contributed by atoms with Gasteiger partial charge in [-0.1, -0.05) is 30.0 Å². The van der Waals surface area contributed by atoms with Crippen molar-refractivity contribution in [3.05, 3.63) is 54.9 Å². The largest absolute Gasteiger partial charge is 0.497 e. The van der Waals surface area contributed by atoms with Gasteiger partial charge in [0.25, 0.3) is 0 Å². The fourth-order valence-corrected chi connectivity index (χ4v) is 2.89. The molecule has 23 heavy (non-hydrogen) atoms. The molecule has 0 aliphatic carbocycles. The Balaban J connectivity index is 1.63. The number of para-hydroxylation sites is 1. The quantitative estimate of drug-likeness (QED) is 0.575. The summed E-state index contributed by atoms with van der Waals surface area (Å²) in [6.07, 6.45) is 1.52. The van der Waals surface area contributed by atoms with Gasteiger partial charge in [0.05, 0.1) is 18.4 Å². The molecule has 116 valence electrons. The molecule has 0 saturated carbocycles. The molecule has 3 rings (SSSR count). The lowest BCUT2D eigenvalue weighted by atomic mass is 10.2. The molecule has 1 amide bonds. The molecule has 0 spiro atoms.